The Morgan fingerprint density at radius 2 is 2.25 bits per heavy atom. The molecule has 0 saturated carbocycles. The van der Waals surface area contributed by atoms with Crippen molar-refractivity contribution in [3.05, 3.63) is 40.4 Å². The van der Waals surface area contributed by atoms with Crippen LogP contribution >= 0.6 is 11.5 Å². The molecule has 1 atom stereocenters. The fourth-order valence-electron chi connectivity index (χ4n) is 1.51. The molecule has 2 rings (SSSR count). The van der Waals surface area contributed by atoms with Gasteiger partial charge >= 0.3 is 0 Å². The van der Waals surface area contributed by atoms with E-state index in [0.717, 1.165) is 21.9 Å². The molecule has 0 radical (unpaired) electrons. The fourth-order valence-corrected chi connectivity index (χ4v) is 2.18. The quantitative estimate of drug-likeness (QED) is 0.882. The van der Waals surface area contributed by atoms with Gasteiger partial charge in [0, 0.05) is 0 Å². The lowest BCUT2D eigenvalue weighted by atomic mass is 10.1. The average molecular weight is 235 g/mol. The SMILES string of the molecule is COc1cccc(C(N)c2snnc2C)c1. The van der Waals surface area contributed by atoms with Gasteiger partial charge in [0.25, 0.3) is 0 Å². The minimum Gasteiger partial charge on any atom is -0.497 e. The number of hydrogen-bond acceptors (Lipinski definition) is 5. The molecule has 0 bridgehead atoms. The minimum atomic E-state index is -0.185. The van der Waals surface area contributed by atoms with E-state index in [9.17, 15) is 0 Å². The van der Waals surface area contributed by atoms with Gasteiger partial charge in [0.1, 0.15) is 5.75 Å². The van der Waals surface area contributed by atoms with Crippen molar-refractivity contribution in [2.45, 2.75) is 13.0 Å². The van der Waals surface area contributed by atoms with Crippen molar-refractivity contribution < 1.29 is 4.74 Å². The van der Waals surface area contributed by atoms with Crippen LogP contribution < -0.4 is 10.5 Å². The van der Waals surface area contributed by atoms with Crippen molar-refractivity contribution in [3.8, 4) is 5.75 Å². The first-order chi connectivity index (χ1) is 7.72. The predicted octanol–water partition coefficient (Wildman–Crippen LogP) is 1.90. The molecule has 0 amide bonds. The molecule has 1 aromatic heterocycles. The molecular formula is C11H13N3OS. The summed E-state index contributed by atoms with van der Waals surface area (Å²) in [6.45, 7) is 1.92. The molecule has 2 N–H and O–H groups in total. The smallest absolute Gasteiger partial charge is 0.119 e. The Hall–Kier alpha value is -1.46. The zero-order valence-corrected chi connectivity index (χ0v) is 9.99. The van der Waals surface area contributed by atoms with Crippen molar-refractivity contribution in [1.29, 1.82) is 0 Å². The molecule has 1 heterocycles. The third kappa shape index (κ3) is 2.05. The summed E-state index contributed by atoms with van der Waals surface area (Å²) in [4.78, 5) is 0.994. The molecule has 4 nitrogen and oxygen atoms in total. The maximum Gasteiger partial charge on any atom is 0.119 e. The van der Waals surface area contributed by atoms with Gasteiger partial charge in [0.15, 0.2) is 0 Å². The molecular weight excluding hydrogens is 222 g/mol. The molecule has 16 heavy (non-hydrogen) atoms. The van der Waals surface area contributed by atoms with Crippen LogP contribution in [0.3, 0.4) is 0 Å². The molecule has 84 valence electrons. The third-order valence-corrected chi connectivity index (χ3v) is 3.33. The highest BCUT2D eigenvalue weighted by Gasteiger charge is 2.15. The molecule has 0 saturated heterocycles. The molecule has 1 aromatic carbocycles. The first kappa shape index (κ1) is 11.0. The van der Waals surface area contributed by atoms with Crippen molar-refractivity contribution >= 4 is 11.5 Å². The number of nitrogens with zero attached hydrogens (tertiary/aromatic N) is 2. The topological polar surface area (TPSA) is 61.0 Å². The standard InChI is InChI=1S/C11H13N3OS/c1-7-11(16-14-13-7)10(12)8-4-3-5-9(6-8)15-2/h3-6,10H,12H2,1-2H3. The minimum absolute atomic E-state index is 0.185. The summed E-state index contributed by atoms with van der Waals surface area (Å²) in [5.41, 5.74) is 8.06. The van der Waals surface area contributed by atoms with Crippen molar-refractivity contribution in [1.82, 2.24) is 9.59 Å². The van der Waals surface area contributed by atoms with E-state index >= 15 is 0 Å². The second-order valence-corrected chi connectivity index (χ2v) is 4.26. The monoisotopic (exact) mass is 235 g/mol. The van der Waals surface area contributed by atoms with Crippen LogP contribution in [0.2, 0.25) is 0 Å². The Morgan fingerprint density at radius 1 is 1.44 bits per heavy atom. The lowest BCUT2D eigenvalue weighted by molar-refractivity contribution is 0.414. The highest BCUT2D eigenvalue weighted by atomic mass is 32.1. The van der Waals surface area contributed by atoms with E-state index in [0.29, 0.717) is 0 Å². The maximum atomic E-state index is 6.16. The largest absolute Gasteiger partial charge is 0.497 e. The Bertz CT molecular complexity index is 484. The number of hydrogen-bond donors (Lipinski definition) is 1. The van der Waals surface area contributed by atoms with Gasteiger partial charge in [0.05, 0.1) is 23.7 Å². The first-order valence-corrected chi connectivity index (χ1v) is 5.68. The number of rotatable bonds is 3. The van der Waals surface area contributed by atoms with E-state index in [-0.39, 0.29) is 6.04 Å². The highest BCUT2D eigenvalue weighted by Crippen LogP contribution is 2.26. The van der Waals surface area contributed by atoms with E-state index in [4.69, 9.17) is 10.5 Å². The van der Waals surface area contributed by atoms with Gasteiger partial charge in [-0.3, -0.25) is 0 Å². The molecule has 0 aliphatic heterocycles. The Morgan fingerprint density at radius 3 is 2.88 bits per heavy atom. The van der Waals surface area contributed by atoms with Crippen LogP contribution in [0, 0.1) is 6.92 Å². The van der Waals surface area contributed by atoms with Crippen molar-refractivity contribution in [2.24, 2.45) is 5.73 Å². The summed E-state index contributed by atoms with van der Waals surface area (Å²) in [5, 5.41) is 3.96. The Labute approximate surface area is 98.2 Å². The summed E-state index contributed by atoms with van der Waals surface area (Å²) < 4.78 is 9.06. The molecule has 5 heteroatoms. The lowest BCUT2D eigenvalue weighted by Crippen LogP contribution is -2.11. The van der Waals surface area contributed by atoms with Gasteiger partial charge in [-0.25, -0.2) is 0 Å². The van der Waals surface area contributed by atoms with Crippen molar-refractivity contribution in [2.75, 3.05) is 7.11 Å². The Balaban J connectivity index is 2.33. The summed E-state index contributed by atoms with van der Waals surface area (Å²) in [5.74, 6) is 0.808. The number of benzene rings is 1. The molecule has 0 aliphatic carbocycles. The van der Waals surface area contributed by atoms with Crippen LogP contribution in [0.25, 0.3) is 0 Å². The first-order valence-electron chi connectivity index (χ1n) is 4.90. The van der Waals surface area contributed by atoms with Gasteiger partial charge in [-0.15, -0.1) is 5.10 Å². The fraction of sp³-hybridized carbons (Fsp3) is 0.273. The summed E-state index contributed by atoms with van der Waals surface area (Å²) in [7, 11) is 1.64. The lowest BCUT2D eigenvalue weighted by Gasteiger charge is -2.11. The summed E-state index contributed by atoms with van der Waals surface area (Å²) >= 11 is 1.34. The van der Waals surface area contributed by atoms with E-state index in [1.807, 2.05) is 31.2 Å². The summed E-state index contributed by atoms with van der Waals surface area (Å²) in [6, 6.07) is 7.55. The predicted molar refractivity (Wildman–Crippen MR) is 63.7 cm³/mol. The van der Waals surface area contributed by atoms with Crippen LogP contribution in [0.15, 0.2) is 24.3 Å². The number of methoxy groups -OCH3 is 1. The van der Waals surface area contributed by atoms with Crippen LogP contribution in [0.4, 0.5) is 0 Å². The van der Waals surface area contributed by atoms with Crippen LogP contribution in [0.1, 0.15) is 22.2 Å². The second kappa shape index (κ2) is 4.59. The normalized spacial score (nSPS) is 12.4. The molecule has 0 fully saturated rings. The van der Waals surface area contributed by atoms with Crippen LogP contribution in [0.5, 0.6) is 5.75 Å². The van der Waals surface area contributed by atoms with Gasteiger partial charge in [-0.2, -0.15) is 0 Å². The maximum absolute atomic E-state index is 6.16. The van der Waals surface area contributed by atoms with Crippen molar-refractivity contribution in [3.63, 3.8) is 0 Å². The van der Waals surface area contributed by atoms with E-state index in [1.54, 1.807) is 7.11 Å². The van der Waals surface area contributed by atoms with Gasteiger partial charge in [0.2, 0.25) is 0 Å². The number of aryl methyl sites for hydroxylation is 1. The zero-order chi connectivity index (χ0) is 11.5. The zero-order valence-electron chi connectivity index (χ0n) is 9.18. The van der Waals surface area contributed by atoms with Crippen LogP contribution in [-0.2, 0) is 0 Å². The number of ether oxygens (including phenoxy) is 1. The Kier molecular flexibility index (Phi) is 3.17. The van der Waals surface area contributed by atoms with Gasteiger partial charge in [-0.05, 0) is 36.2 Å². The average Bonchev–Trinajstić information content (AvgIpc) is 2.74. The molecule has 1 unspecified atom stereocenters. The number of aromatic nitrogens is 2. The number of nitrogens with two attached hydrogens (primary N) is 1. The van der Waals surface area contributed by atoms with Gasteiger partial charge < -0.3 is 10.5 Å². The van der Waals surface area contributed by atoms with E-state index < -0.39 is 0 Å². The van der Waals surface area contributed by atoms with E-state index in [1.165, 1.54) is 11.5 Å². The molecule has 2 aromatic rings. The second-order valence-electron chi connectivity index (χ2n) is 3.48. The van der Waals surface area contributed by atoms with Crippen LogP contribution in [-0.4, -0.2) is 16.7 Å². The summed E-state index contributed by atoms with van der Waals surface area (Å²) in [6.07, 6.45) is 0. The molecule has 0 spiro atoms. The van der Waals surface area contributed by atoms with Gasteiger partial charge in [-0.1, -0.05) is 16.6 Å². The van der Waals surface area contributed by atoms with E-state index in [2.05, 4.69) is 9.59 Å². The highest BCUT2D eigenvalue weighted by molar-refractivity contribution is 7.05. The molecule has 0 aliphatic rings. The third-order valence-electron chi connectivity index (χ3n) is 2.42.